The molecule has 0 saturated heterocycles. The maximum absolute atomic E-state index is 5.74. The summed E-state index contributed by atoms with van der Waals surface area (Å²) in [4.78, 5) is 0. The van der Waals surface area contributed by atoms with Crippen LogP contribution in [-0.4, -0.2) is 13.2 Å². The second kappa shape index (κ2) is 7.19. The molecule has 3 heteroatoms. The molecule has 0 saturated carbocycles. The Morgan fingerprint density at radius 1 is 0.895 bits per heavy atom. The van der Waals surface area contributed by atoms with Gasteiger partial charge >= 0.3 is 0 Å². The van der Waals surface area contributed by atoms with E-state index >= 15 is 0 Å². The summed E-state index contributed by atoms with van der Waals surface area (Å²) in [5, 5.41) is 0. The molecular formula is C16H17BrO2. The lowest BCUT2D eigenvalue weighted by Gasteiger charge is -2.11. The van der Waals surface area contributed by atoms with Gasteiger partial charge in [-0.15, -0.1) is 0 Å². The van der Waals surface area contributed by atoms with Crippen LogP contribution in [-0.2, 0) is 6.42 Å². The zero-order valence-corrected chi connectivity index (χ0v) is 12.5. The monoisotopic (exact) mass is 320 g/mol. The SMILES string of the molecule is CCc1ccccc1OCCOc1ccc(Br)cc1. The quantitative estimate of drug-likeness (QED) is 0.731. The lowest BCUT2D eigenvalue weighted by Crippen LogP contribution is -2.09. The smallest absolute Gasteiger partial charge is 0.122 e. The number of para-hydroxylation sites is 1. The molecular weight excluding hydrogens is 304 g/mol. The Bertz CT molecular complexity index is 508. The highest BCUT2D eigenvalue weighted by Gasteiger charge is 2.00. The average molecular weight is 321 g/mol. The van der Waals surface area contributed by atoms with Crippen molar-refractivity contribution in [1.82, 2.24) is 0 Å². The van der Waals surface area contributed by atoms with Crippen LogP contribution in [0.1, 0.15) is 12.5 Å². The Labute approximate surface area is 122 Å². The zero-order chi connectivity index (χ0) is 13.5. The van der Waals surface area contributed by atoms with Crippen molar-refractivity contribution >= 4 is 15.9 Å². The molecule has 0 aliphatic carbocycles. The van der Waals surface area contributed by atoms with Crippen molar-refractivity contribution in [2.24, 2.45) is 0 Å². The average Bonchev–Trinajstić information content (AvgIpc) is 2.46. The molecule has 19 heavy (non-hydrogen) atoms. The minimum atomic E-state index is 0.541. The van der Waals surface area contributed by atoms with E-state index in [-0.39, 0.29) is 0 Å². The lowest BCUT2D eigenvalue weighted by atomic mass is 10.1. The van der Waals surface area contributed by atoms with Gasteiger partial charge in [0.25, 0.3) is 0 Å². The summed E-state index contributed by atoms with van der Waals surface area (Å²) >= 11 is 3.39. The summed E-state index contributed by atoms with van der Waals surface area (Å²) in [7, 11) is 0. The molecule has 0 aliphatic heterocycles. The number of benzene rings is 2. The maximum Gasteiger partial charge on any atom is 0.122 e. The van der Waals surface area contributed by atoms with Crippen molar-refractivity contribution in [3.63, 3.8) is 0 Å². The van der Waals surface area contributed by atoms with Crippen molar-refractivity contribution < 1.29 is 9.47 Å². The molecule has 0 fully saturated rings. The summed E-state index contributed by atoms with van der Waals surface area (Å²) < 4.78 is 12.4. The van der Waals surface area contributed by atoms with E-state index in [1.54, 1.807) is 0 Å². The minimum absolute atomic E-state index is 0.541. The molecule has 0 spiro atoms. The molecule has 0 heterocycles. The fraction of sp³-hybridized carbons (Fsp3) is 0.250. The Kier molecular flexibility index (Phi) is 5.28. The van der Waals surface area contributed by atoms with E-state index < -0.39 is 0 Å². The largest absolute Gasteiger partial charge is 0.490 e. The Hall–Kier alpha value is -1.48. The first-order valence-corrected chi connectivity index (χ1v) is 7.18. The molecule has 0 aromatic heterocycles. The van der Waals surface area contributed by atoms with Crippen molar-refractivity contribution in [2.75, 3.05) is 13.2 Å². The third kappa shape index (κ3) is 4.28. The van der Waals surface area contributed by atoms with Crippen LogP contribution in [0.4, 0.5) is 0 Å². The van der Waals surface area contributed by atoms with E-state index in [4.69, 9.17) is 9.47 Å². The summed E-state index contributed by atoms with van der Waals surface area (Å²) in [5.74, 6) is 1.81. The van der Waals surface area contributed by atoms with Gasteiger partial charge in [0.15, 0.2) is 0 Å². The van der Waals surface area contributed by atoms with Crippen LogP contribution in [0.5, 0.6) is 11.5 Å². The van der Waals surface area contributed by atoms with Crippen LogP contribution >= 0.6 is 15.9 Å². The molecule has 0 bridgehead atoms. The van der Waals surface area contributed by atoms with Crippen LogP contribution in [0.3, 0.4) is 0 Å². The van der Waals surface area contributed by atoms with E-state index in [0.717, 1.165) is 22.4 Å². The molecule has 2 rings (SSSR count). The predicted octanol–water partition coefficient (Wildman–Crippen LogP) is 4.47. The molecule has 0 aliphatic rings. The van der Waals surface area contributed by atoms with Crippen molar-refractivity contribution in [3.05, 3.63) is 58.6 Å². The first kappa shape index (κ1) is 13.9. The molecule has 0 atom stereocenters. The third-order valence-corrected chi connectivity index (χ3v) is 3.31. The van der Waals surface area contributed by atoms with Crippen LogP contribution in [0.15, 0.2) is 53.0 Å². The van der Waals surface area contributed by atoms with Crippen molar-refractivity contribution in [1.29, 1.82) is 0 Å². The van der Waals surface area contributed by atoms with E-state index in [9.17, 15) is 0 Å². The number of hydrogen-bond donors (Lipinski definition) is 0. The van der Waals surface area contributed by atoms with Gasteiger partial charge in [-0.3, -0.25) is 0 Å². The Morgan fingerprint density at radius 2 is 1.58 bits per heavy atom. The standard InChI is InChI=1S/C16H17BrO2/c1-2-13-5-3-4-6-16(13)19-12-11-18-15-9-7-14(17)8-10-15/h3-10H,2,11-12H2,1H3. The molecule has 2 aromatic rings. The highest BCUT2D eigenvalue weighted by atomic mass is 79.9. The number of halogens is 1. The minimum Gasteiger partial charge on any atom is -0.490 e. The topological polar surface area (TPSA) is 18.5 Å². The van der Waals surface area contributed by atoms with Gasteiger partial charge in [-0.25, -0.2) is 0 Å². The first-order valence-electron chi connectivity index (χ1n) is 6.38. The highest BCUT2D eigenvalue weighted by Crippen LogP contribution is 2.19. The van der Waals surface area contributed by atoms with Gasteiger partial charge in [-0.2, -0.15) is 0 Å². The molecule has 0 unspecified atom stereocenters. The maximum atomic E-state index is 5.74. The van der Waals surface area contributed by atoms with Crippen LogP contribution < -0.4 is 9.47 Å². The second-order valence-corrected chi connectivity index (χ2v) is 5.03. The second-order valence-electron chi connectivity index (χ2n) is 4.11. The predicted molar refractivity (Wildman–Crippen MR) is 81.0 cm³/mol. The van der Waals surface area contributed by atoms with Crippen LogP contribution in [0.2, 0.25) is 0 Å². The zero-order valence-electron chi connectivity index (χ0n) is 10.9. The summed E-state index contributed by atoms with van der Waals surface area (Å²) in [6, 6.07) is 15.9. The summed E-state index contributed by atoms with van der Waals surface area (Å²) in [5.41, 5.74) is 1.23. The van der Waals surface area contributed by atoms with Crippen molar-refractivity contribution in [2.45, 2.75) is 13.3 Å². The van der Waals surface area contributed by atoms with Gasteiger partial charge in [0, 0.05) is 4.47 Å². The van der Waals surface area contributed by atoms with Gasteiger partial charge in [0.1, 0.15) is 24.7 Å². The molecule has 2 aromatic carbocycles. The van der Waals surface area contributed by atoms with E-state index in [0.29, 0.717) is 13.2 Å². The van der Waals surface area contributed by atoms with Gasteiger partial charge in [0.2, 0.25) is 0 Å². The van der Waals surface area contributed by atoms with E-state index in [1.165, 1.54) is 5.56 Å². The number of ether oxygens (including phenoxy) is 2. The molecule has 0 radical (unpaired) electrons. The normalized spacial score (nSPS) is 10.2. The highest BCUT2D eigenvalue weighted by molar-refractivity contribution is 9.10. The third-order valence-electron chi connectivity index (χ3n) is 2.78. The fourth-order valence-electron chi connectivity index (χ4n) is 1.78. The van der Waals surface area contributed by atoms with Gasteiger partial charge in [0.05, 0.1) is 0 Å². The summed E-state index contributed by atoms with van der Waals surface area (Å²) in [6.45, 7) is 3.22. The van der Waals surface area contributed by atoms with Gasteiger partial charge in [-0.05, 0) is 42.3 Å². The Balaban J connectivity index is 1.79. The number of rotatable bonds is 6. The fourth-order valence-corrected chi connectivity index (χ4v) is 2.04. The molecule has 100 valence electrons. The summed E-state index contributed by atoms with van der Waals surface area (Å²) in [6.07, 6.45) is 0.976. The number of hydrogen-bond acceptors (Lipinski definition) is 2. The van der Waals surface area contributed by atoms with Gasteiger partial charge < -0.3 is 9.47 Å². The van der Waals surface area contributed by atoms with E-state index in [2.05, 4.69) is 28.9 Å². The van der Waals surface area contributed by atoms with Crippen molar-refractivity contribution in [3.8, 4) is 11.5 Å². The first-order chi connectivity index (χ1) is 9.29. The molecule has 2 nitrogen and oxygen atoms in total. The molecule has 0 amide bonds. The van der Waals surface area contributed by atoms with Crippen LogP contribution in [0, 0.1) is 0 Å². The van der Waals surface area contributed by atoms with E-state index in [1.807, 2.05) is 42.5 Å². The lowest BCUT2D eigenvalue weighted by molar-refractivity contribution is 0.216. The number of aryl methyl sites for hydroxylation is 1. The molecule has 0 N–H and O–H groups in total. The van der Waals surface area contributed by atoms with Crippen LogP contribution in [0.25, 0.3) is 0 Å². The Morgan fingerprint density at radius 3 is 2.32 bits per heavy atom. The van der Waals surface area contributed by atoms with Gasteiger partial charge in [-0.1, -0.05) is 41.1 Å².